The topological polar surface area (TPSA) is 32.6 Å². The molecule has 1 aliphatic rings. The van der Waals surface area contributed by atoms with Gasteiger partial charge in [-0.15, -0.1) is 11.3 Å². The highest BCUT2D eigenvalue weighted by Crippen LogP contribution is 2.36. The van der Waals surface area contributed by atoms with E-state index in [4.69, 9.17) is 5.21 Å². The normalized spacial score (nSPS) is 18.3. The lowest BCUT2D eigenvalue weighted by molar-refractivity contribution is 0.317. The molecule has 0 amide bonds. The molecule has 0 saturated heterocycles. The molecule has 0 bridgehead atoms. The Labute approximate surface area is 91.9 Å². The summed E-state index contributed by atoms with van der Waals surface area (Å²) in [5.74, 6) is 0. The van der Waals surface area contributed by atoms with E-state index in [2.05, 4.69) is 29.4 Å². The van der Waals surface area contributed by atoms with Gasteiger partial charge in [0, 0.05) is 4.70 Å². The van der Waals surface area contributed by atoms with Crippen molar-refractivity contribution in [3.8, 4) is 0 Å². The minimum atomic E-state index is 0.859. The van der Waals surface area contributed by atoms with E-state index in [0.29, 0.717) is 0 Å². The molecule has 0 atom stereocenters. The second-order valence-electron chi connectivity index (χ2n) is 3.81. The second kappa shape index (κ2) is 3.35. The standard InChI is InChI=1S/C12H11NOS/c14-13-10-6-3-5-9-8-4-1-2-7-11(8)15-12(9)10/h1-2,4,7,14H,3,5-6H2/b13-10+. The largest absolute Gasteiger partial charge is 0.411 e. The van der Waals surface area contributed by atoms with Gasteiger partial charge in [-0.1, -0.05) is 23.4 Å². The van der Waals surface area contributed by atoms with Crippen molar-refractivity contribution >= 4 is 27.1 Å². The molecule has 3 rings (SSSR count). The van der Waals surface area contributed by atoms with Gasteiger partial charge in [-0.05, 0) is 36.3 Å². The van der Waals surface area contributed by atoms with Crippen molar-refractivity contribution in [1.82, 2.24) is 0 Å². The van der Waals surface area contributed by atoms with E-state index in [0.717, 1.165) is 25.0 Å². The third-order valence-electron chi connectivity index (χ3n) is 2.92. The zero-order valence-corrected chi connectivity index (χ0v) is 9.05. The zero-order valence-electron chi connectivity index (χ0n) is 8.23. The van der Waals surface area contributed by atoms with Crippen molar-refractivity contribution < 1.29 is 5.21 Å². The van der Waals surface area contributed by atoms with Crippen LogP contribution in [0.1, 0.15) is 23.3 Å². The molecule has 2 nitrogen and oxygen atoms in total. The Hall–Kier alpha value is -1.35. The lowest BCUT2D eigenvalue weighted by Crippen LogP contribution is -2.08. The number of thiophene rings is 1. The number of nitrogens with zero attached hydrogens (tertiary/aromatic N) is 1. The maximum atomic E-state index is 8.96. The fourth-order valence-electron chi connectivity index (χ4n) is 2.22. The van der Waals surface area contributed by atoms with Gasteiger partial charge in [0.05, 0.1) is 10.6 Å². The van der Waals surface area contributed by atoms with Crippen LogP contribution in [0.5, 0.6) is 0 Å². The van der Waals surface area contributed by atoms with Crippen LogP contribution in [0.25, 0.3) is 10.1 Å². The number of hydrogen-bond donors (Lipinski definition) is 1. The fraction of sp³-hybridized carbons (Fsp3) is 0.250. The molecule has 0 radical (unpaired) electrons. The van der Waals surface area contributed by atoms with Crippen molar-refractivity contribution in [1.29, 1.82) is 0 Å². The number of rotatable bonds is 0. The predicted molar refractivity (Wildman–Crippen MR) is 63.1 cm³/mol. The van der Waals surface area contributed by atoms with Crippen LogP contribution in [0.2, 0.25) is 0 Å². The summed E-state index contributed by atoms with van der Waals surface area (Å²) in [6, 6.07) is 8.41. The van der Waals surface area contributed by atoms with Crippen LogP contribution in [0.3, 0.4) is 0 Å². The smallest absolute Gasteiger partial charge is 0.0970 e. The summed E-state index contributed by atoms with van der Waals surface area (Å²) in [4.78, 5) is 1.19. The van der Waals surface area contributed by atoms with Crippen LogP contribution >= 0.6 is 11.3 Å². The Bertz CT molecular complexity index is 542. The van der Waals surface area contributed by atoms with Gasteiger partial charge in [-0.3, -0.25) is 0 Å². The van der Waals surface area contributed by atoms with Gasteiger partial charge in [0.15, 0.2) is 0 Å². The first-order valence-corrected chi connectivity index (χ1v) is 5.93. The van der Waals surface area contributed by atoms with Crippen molar-refractivity contribution in [2.45, 2.75) is 19.3 Å². The maximum Gasteiger partial charge on any atom is 0.0970 e. The second-order valence-corrected chi connectivity index (χ2v) is 4.86. The quantitative estimate of drug-likeness (QED) is 0.532. The molecule has 0 aliphatic heterocycles. The number of benzene rings is 1. The maximum absolute atomic E-state index is 8.96. The number of oxime groups is 1. The Balaban J connectivity index is 2.34. The minimum Gasteiger partial charge on any atom is -0.411 e. The third-order valence-corrected chi connectivity index (χ3v) is 4.18. The van der Waals surface area contributed by atoms with Gasteiger partial charge in [-0.2, -0.15) is 0 Å². The zero-order chi connectivity index (χ0) is 10.3. The first-order valence-electron chi connectivity index (χ1n) is 5.12. The van der Waals surface area contributed by atoms with E-state index in [-0.39, 0.29) is 0 Å². The molecule has 0 fully saturated rings. The molecule has 0 saturated carbocycles. The van der Waals surface area contributed by atoms with Crippen molar-refractivity contribution in [3.63, 3.8) is 0 Å². The highest BCUT2D eigenvalue weighted by atomic mass is 32.1. The molecule has 0 spiro atoms. The van der Waals surface area contributed by atoms with Crippen LogP contribution in [0.15, 0.2) is 29.4 Å². The first-order chi connectivity index (χ1) is 7.40. The summed E-state index contributed by atoms with van der Waals surface area (Å²) in [7, 11) is 0. The SMILES string of the molecule is O/N=C1\CCCc2c1sc1ccccc21. The molecule has 3 heteroatoms. The van der Waals surface area contributed by atoms with Crippen LogP contribution in [0, 0.1) is 0 Å². The Morgan fingerprint density at radius 3 is 2.93 bits per heavy atom. The number of aryl methyl sites for hydroxylation is 1. The third kappa shape index (κ3) is 1.27. The van der Waals surface area contributed by atoms with E-state index in [9.17, 15) is 0 Å². The highest BCUT2D eigenvalue weighted by molar-refractivity contribution is 7.21. The van der Waals surface area contributed by atoms with Crippen LogP contribution < -0.4 is 0 Å². The summed E-state index contributed by atoms with van der Waals surface area (Å²) in [5, 5.41) is 13.7. The Kier molecular flexibility index (Phi) is 1.99. The number of fused-ring (bicyclic) bond motifs is 3. The lowest BCUT2D eigenvalue weighted by Gasteiger charge is -2.11. The van der Waals surface area contributed by atoms with E-state index < -0.39 is 0 Å². The molecule has 1 heterocycles. The first kappa shape index (κ1) is 8.92. The van der Waals surface area contributed by atoms with Gasteiger partial charge in [-0.25, -0.2) is 0 Å². The molecule has 1 aromatic carbocycles. The van der Waals surface area contributed by atoms with E-state index in [1.54, 1.807) is 11.3 Å². The van der Waals surface area contributed by atoms with Gasteiger partial charge in [0.1, 0.15) is 0 Å². The average Bonchev–Trinajstić information content (AvgIpc) is 2.67. The van der Waals surface area contributed by atoms with Gasteiger partial charge >= 0.3 is 0 Å². The number of hydrogen-bond acceptors (Lipinski definition) is 3. The van der Waals surface area contributed by atoms with Crippen LogP contribution in [0.4, 0.5) is 0 Å². The molecule has 15 heavy (non-hydrogen) atoms. The van der Waals surface area contributed by atoms with Crippen LogP contribution in [-0.2, 0) is 6.42 Å². The van der Waals surface area contributed by atoms with Gasteiger partial charge in [0.2, 0.25) is 0 Å². The minimum absolute atomic E-state index is 0.859. The molecule has 2 aromatic rings. The Morgan fingerprint density at radius 2 is 2.07 bits per heavy atom. The summed E-state index contributed by atoms with van der Waals surface area (Å²) in [6.45, 7) is 0. The molecule has 1 aromatic heterocycles. The van der Waals surface area contributed by atoms with Gasteiger partial charge in [0.25, 0.3) is 0 Å². The molecule has 1 N–H and O–H groups in total. The van der Waals surface area contributed by atoms with Crippen molar-refractivity contribution in [3.05, 3.63) is 34.7 Å². The van der Waals surface area contributed by atoms with E-state index in [1.165, 1.54) is 20.5 Å². The monoisotopic (exact) mass is 217 g/mol. The summed E-state index contributed by atoms with van der Waals surface area (Å²) in [6.07, 6.45) is 3.10. The molecule has 1 aliphatic carbocycles. The Morgan fingerprint density at radius 1 is 1.20 bits per heavy atom. The lowest BCUT2D eigenvalue weighted by atomic mass is 9.95. The highest BCUT2D eigenvalue weighted by Gasteiger charge is 2.20. The fourth-order valence-corrected chi connectivity index (χ4v) is 3.49. The average molecular weight is 217 g/mol. The van der Waals surface area contributed by atoms with E-state index >= 15 is 0 Å². The summed E-state index contributed by atoms with van der Waals surface area (Å²) < 4.78 is 1.30. The molecular weight excluding hydrogens is 206 g/mol. The molecule has 0 unspecified atom stereocenters. The van der Waals surface area contributed by atoms with Crippen LogP contribution in [-0.4, -0.2) is 10.9 Å². The van der Waals surface area contributed by atoms with Crippen molar-refractivity contribution in [2.75, 3.05) is 0 Å². The molecular formula is C12H11NOS. The van der Waals surface area contributed by atoms with Crippen molar-refractivity contribution in [2.24, 2.45) is 5.16 Å². The summed E-state index contributed by atoms with van der Waals surface area (Å²) in [5.41, 5.74) is 2.23. The predicted octanol–water partition coefficient (Wildman–Crippen LogP) is 3.42. The molecule has 76 valence electrons. The van der Waals surface area contributed by atoms with Gasteiger partial charge < -0.3 is 5.21 Å². The summed E-state index contributed by atoms with van der Waals surface area (Å²) >= 11 is 1.74. The van der Waals surface area contributed by atoms with E-state index in [1.807, 2.05) is 0 Å².